The topological polar surface area (TPSA) is 127 Å². The molecule has 1 atom stereocenters. The number of rotatable bonds is 5. The Morgan fingerprint density at radius 1 is 1.14 bits per heavy atom. The smallest absolute Gasteiger partial charge is 0.326 e. The second-order valence-electron chi connectivity index (χ2n) is 6.78. The van der Waals surface area contributed by atoms with Gasteiger partial charge in [-0.3, -0.25) is 28.9 Å². The predicted molar refractivity (Wildman–Crippen MR) is 95.7 cm³/mol. The standard InChI is InChI=1S/C19H21N3O6/c20-18(26)14-7-3-4-8-21(14)16(24)11-28-17(25)10-22-15(23)9-12-5-1-2-6-13(12)19(22)27/h1-2,5-6,14H,3-4,7-11H2,(H2,20,26)/t14-/m0/s1. The number of nitrogens with two attached hydrogens (primary N) is 1. The Labute approximate surface area is 161 Å². The lowest BCUT2D eigenvalue weighted by Gasteiger charge is -2.33. The number of carbonyl (C=O) groups excluding carboxylic acids is 5. The zero-order chi connectivity index (χ0) is 20.3. The van der Waals surface area contributed by atoms with Crippen LogP contribution in [0.4, 0.5) is 0 Å². The third-order valence-corrected chi connectivity index (χ3v) is 4.93. The molecule has 1 saturated heterocycles. The number of fused-ring (bicyclic) bond motifs is 1. The fourth-order valence-electron chi connectivity index (χ4n) is 3.49. The molecule has 0 bridgehead atoms. The van der Waals surface area contributed by atoms with Crippen molar-refractivity contribution in [2.45, 2.75) is 31.7 Å². The van der Waals surface area contributed by atoms with Crippen molar-refractivity contribution in [1.82, 2.24) is 9.80 Å². The van der Waals surface area contributed by atoms with Crippen molar-refractivity contribution >= 4 is 29.6 Å². The Morgan fingerprint density at radius 2 is 1.89 bits per heavy atom. The van der Waals surface area contributed by atoms with Crippen molar-refractivity contribution in [3.05, 3.63) is 35.4 Å². The van der Waals surface area contributed by atoms with Gasteiger partial charge < -0.3 is 15.4 Å². The lowest BCUT2D eigenvalue weighted by Crippen LogP contribution is -2.52. The summed E-state index contributed by atoms with van der Waals surface area (Å²) >= 11 is 0. The van der Waals surface area contributed by atoms with Crippen LogP contribution in [-0.4, -0.2) is 65.1 Å². The van der Waals surface area contributed by atoms with Gasteiger partial charge in [0.1, 0.15) is 12.6 Å². The van der Waals surface area contributed by atoms with Gasteiger partial charge in [0.15, 0.2) is 6.61 Å². The number of piperidine rings is 1. The molecule has 1 aromatic carbocycles. The van der Waals surface area contributed by atoms with Gasteiger partial charge in [-0.25, -0.2) is 0 Å². The van der Waals surface area contributed by atoms with Crippen LogP contribution in [0.2, 0.25) is 0 Å². The summed E-state index contributed by atoms with van der Waals surface area (Å²) in [5.74, 6) is -3.07. The molecule has 2 aliphatic heterocycles. The summed E-state index contributed by atoms with van der Waals surface area (Å²) in [4.78, 5) is 62.6. The molecule has 2 heterocycles. The largest absolute Gasteiger partial charge is 0.454 e. The van der Waals surface area contributed by atoms with Gasteiger partial charge in [-0.1, -0.05) is 18.2 Å². The highest BCUT2D eigenvalue weighted by molar-refractivity contribution is 6.11. The molecule has 0 aliphatic carbocycles. The van der Waals surface area contributed by atoms with E-state index < -0.39 is 48.8 Å². The van der Waals surface area contributed by atoms with E-state index in [-0.39, 0.29) is 6.42 Å². The molecule has 0 saturated carbocycles. The summed E-state index contributed by atoms with van der Waals surface area (Å²) < 4.78 is 4.94. The number of hydrogen-bond donors (Lipinski definition) is 1. The van der Waals surface area contributed by atoms with E-state index in [4.69, 9.17) is 10.5 Å². The van der Waals surface area contributed by atoms with Crippen molar-refractivity contribution < 1.29 is 28.7 Å². The Morgan fingerprint density at radius 3 is 2.64 bits per heavy atom. The van der Waals surface area contributed by atoms with E-state index in [1.807, 2.05) is 0 Å². The molecule has 2 N–H and O–H groups in total. The lowest BCUT2D eigenvalue weighted by molar-refractivity contribution is -0.156. The van der Waals surface area contributed by atoms with Crippen molar-refractivity contribution in [3.63, 3.8) is 0 Å². The Balaban J connectivity index is 1.57. The molecule has 0 unspecified atom stereocenters. The maximum absolute atomic E-state index is 12.4. The number of benzene rings is 1. The molecule has 9 heteroatoms. The Hall–Kier alpha value is -3.23. The van der Waals surface area contributed by atoms with E-state index in [0.717, 1.165) is 17.7 Å². The summed E-state index contributed by atoms with van der Waals surface area (Å²) in [5.41, 5.74) is 6.30. The quantitative estimate of drug-likeness (QED) is 0.542. The van der Waals surface area contributed by atoms with Gasteiger partial charge in [-0.2, -0.15) is 0 Å². The van der Waals surface area contributed by atoms with E-state index in [2.05, 4.69) is 0 Å². The van der Waals surface area contributed by atoms with E-state index in [1.165, 1.54) is 4.90 Å². The van der Waals surface area contributed by atoms with Crippen LogP contribution in [-0.2, 0) is 30.3 Å². The molecule has 2 aliphatic rings. The molecule has 3 rings (SSSR count). The zero-order valence-corrected chi connectivity index (χ0v) is 15.3. The van der Waals surface area contributed by atoms with Crippen LogP contribution in [0.15, 0.2) is 24.3 Å². The number of nitrogens with zero attached hydrogens (tertiary/aromatic N) is 2. The maximum Gasteiger partial charge on any atom is 0.326 e. The fraction of sp³-hybridized carbons (Fsp3) is 0.421. The molecule has 0 aromatic heterocycles. The third-order valence-electron chi connectivity index (χ3n) is 4.93. The SMILES string of the molecule is NC(=O)[C@@H]1CCCCN1C(=O)COC(=O)CN1C(=O)Cc2ccccc2C1=O. The first-order chi connectivity index (χ1) is 13.4. The van der Waals surface area contributed by atoms with Gasteiger partial charge in [-0.05, 0) is 30.9 Å². The van der Waals surface area contributed by atoms with Crippen molar-refractivity contribution in [2.75, 3.05) is 19.7 Å². The molecule has 1 aromatic rings. The predicted octanol–water partition coefficient (Wildman–Crippen LogP) is -0.379. The fourth-order valence-corrected chi connectivity index (χ4v) is 3.49. The molecular weight excluding hydrogens is 366 g/mol. The highest BCUT2D eigenvalue weighted by Crippen LogP contribution is 2.20. The average Bonchev–Trinajstić information content (AvgIpc) is 2.69. The van der Waals surface area contributed by atoms with E-state index in [0.29, 0.717) is 24.1 Å². The minimum Gasteiger partial charge on any atom is -0.454 e. The van der Waals surface area contributed by atoms with Gasteiger partial charge in [-0.15, -0.1) is 0 Å². The molecule has 28 heavy (non-hydrogen) atoms. The van der Waals surface area contributed by atoms with Gasteiger partial charge in [0.25, 0.3) is 11.8 Å². The Bertz CT molecular complexity index is 837. The van der Waals surface area contributed by atoms with Gasteiger partial charge in [0.05, 0.1) is 6.42 Å². The molecule has 4 amide bonds. The van der Waals surface area contributed by atoms with Crippen molar-refractivity contribution in [2.24, 2.45) is 5.73 Å². The van der Waals surface area contributed by atoms with Crippen LogP contribution in [0.1, 0.15) is 35.2 Å². The van der Waals surface area contributed by atoms with Crippen molar-refractivity contribution in [3.8, 4) is 0 Å². The normalized spacial score (nSPS) is 19.2. The maximum atomic E-state index is 12.4. The number of primary amides is 1. The first-order valence-electron chi connectivity index (χ1n) is 9.05. The molecule has 148 valence electrons. The summed E-state index contributed by atoms with van der Waals surface area (Å²) in [6.45, 7) is -0.780. The van der Waals surface area contributed by atoms with Crippen LogP contribution in [0.5, 0.6) is 0 Å². The van der Waals surface area contributed by atoms with Crippen LogP contribution < -0.4 is 5.73 Å². The van der Waals surface area contributed by atoms with E-state index in [9.17, 15) is 24.0 Å². The van der Waals surface area contributed by atoms with E-state index >= 15 is 0 Å². The van der Waals surface area contributed by atoms with Gasteiger partial charge in [0.2, 0.25) is 11.8 Å². The number of amides is 4. The summed E-state index contributed by atoms with van der Waals surface area (Å²) in [6, 6.07) is 5.98. The first kappa shape index (κ1) is 19.5. The number of carbonyl (C=O) groups is 5. The summed E-state index contributed by atoms with van der Waals surface area (Å²) in [7, 11) is 0. The summed E-state index contributed by atoms with van der Waals surface area (Å²) in [5, 5.41) is 0. The molecular formula is C19H21N3O6. The second-order valence-corrected chi connectivity index (χ2v) is 6.78. The van der Waals surface area contributed by atoms with Crippen LogP contribution in [0.3, 0.4) is 0 Å². The summed E-state index contributed by atoms with van der Waals surface area (Å²) in [6.07, 6.45) is 2.02. The molecule has 0 radical (unpaired) electrons. The van der Waals surface area contributed by atoms with Crippen LogP contribution in [0, 0.1) is 0 Å². The van der Waals surface area contributed by atoms with Gasteiger partial charge in [0, 0.05) is 12.1 Å². The lowest BCUT2D eigenvalue weighted by atomic mass is 9.98. The third kappa shape index (κ3) is 4.03. The highest BCUT2D eigenvalue weighted by Gasteiger charge is 2.34. The molecule has 1 fully saturated rings. The Kier molecular flexibility index (Phi) is 5.72. The minimum atomic E-state index is -0.873. The minimum absolute atomic E-state index is 0.0161. The molecule has 9 nitrogen and oxygen atoms in total. The van der Waals surface area contributed by atoms with E-state index in [1.54, 1.807) is 24.3 Å². The van der Waals surface area contributed by atoms with Crippen LogP contribution in [0.25, 0.3) is 0 Å². The first-order valence-corrected chi connectivity index (χ1v) is 9.05. The van der Waals surface area contributed by atoms with Crippen LogP contribution >= 0.6 is 0 Å². The van der Waals surface area contributed by atoms with Crippen molar-refractivity contribution in [1.29, 1.82) is 0 Å². The number of esters is 1. The highest BCUT2D eigenvalue weighted by atomic mass is 16.5. The number of likely N-dealkylation sites (tertiary alicyclic amines) is 1. The number of hydrogen-bond acceptors (Lipinski definition) is 6. The second kappa shape index (κ2) is 8.20. The van der Waals surface area contributed by atoms with Gasteiger partial charge >= 0.3 is 5.97 Å². The monoisotopic (exact) mass is 387 g/mol. The zero-order valence-electron chi connectivity index (χ0n) is 15.3. The number of imide groups is 1. The molecule has 0 spiro atoms. The average molecular weight is 387 g/mol. The number of ether oxygens (including phenoxy) is 1.